The van der Waals surface area contributed by atoms with Gasteiger partial charge in [-0.05, 0) is 65.6 Å². The molecule has 7 rings (SSSR count). The summed E-state index contributed by atoms with van der Waals surface area (Å²) in [5.74, 6) is -0.339. The van der Waals surface area contributed by atoms with Crippen LogP contribution in [0.1, 0.15) is 34.7 Å². The van der Waals surface area contributed by atoms with Gasteiger partial charge in [0.1, 0.15) is 24.0 Å². The van der Waals surface area contributed by atoms with Gasteiger partial charge in [0.25, 0.3) is 0 Å². The van der Waals surface area contributed by atoms with Gasteiger partial charge in [0, 0.05) is 36.3 Å². The van der Waals surface area contributed by atoms with Gasteiger partial charge in [0.15, 0.2) is 0 Å². The Labute approximate surface area is 223 Å². The quantitative estimate of drug-likeness (QED) is 0.383. The molecule has 3 aliphatic heterocycles. The van der Waals surface area contributed by atoms with Crippen molar-refractivity contribution >= 4 is 22.7 Å². The number of morpholine rings is 1. The van der Waals surface area contributed by atoms with Crippen molar-refractivity contribution in [3.63, 3.8) is 0 Å². The number of ether oxygens (including phenoxy) is 2. The van der Waals surface area contributed by atoms with E-state index in [0.717, 1.165) is 66.0 Å². The first-order chi connectivity index (χ1) is 19.1. The highest BCUT2D eigenvalue weighted by atomic mass is 19.1. The molecule has 1 N–H and O–H groups in total. The van der Waals surface area contributed by atoms with E-state index >= 15 is 0 Å². The van der Waals surface area contributed by atoms with E-state index in [1.807, 2.05) is 30.5 Å². The van der Waals surface area contributed by atoms with Crippen molar-refractivity contribution in [3.05, 3.63) is 94.1 Å². The van der Waals surface area contributed by atoms with Gasteiger partial charge in [0.2, 0.25) is 11.8 Å². The summed E-state index contributed by atoms with van der Waals surface area (Å²) in [6, 6.07) is 15.7. The van der Waals surface area contributed by atoms with Gasteiger partial charge in [-0.2, -0.15) is 5.26 Å². The first-order valence-electron chi connectivity index (χ1n) is 13.0. The Kier molecular flexibility index (Phi) is 5.80. The maximum Gasteiger partial charge on any atom is 0.219 e. The minimum Gasteiger partial charge on any atom is -0.488 e. The second kappa shape index (κ2) is 9.49. The van der Waals surface area contributed by atoms with Crippen molar-refractivity contribution < 1.29 is 18.3 Å². The molecular formula is C30H25F2N5O2. The van der Waals surface area contributed by atoms with E-state index in [-0.39, 0.29) is 18.5 Å². The summed E-state index contributed by atoms with van der Waals surface area (Å²) < 4.78 is 41.9. The SMILES string of the molecule is N#C/N=c1\[nH]c2cc(/C=C3\c4ccc(F)cc4COc4cc(F)ccc43)ccc2n1[C@H]1C[C@@H]2COCCN2C1. The molecule has 0 unspecified atom stereocenters. The minimum atomic E-state index is -0.397. The number of nitriles is 1. The highest BCUT2D eigenvalue weighted by Gasteiger charge is 2.36. The van der Waals surface area contributed by atoms with Gasteiger partial charge in [-0.1, -0.05) is 12.1 Å². The minimum absolute atomic E-state index is 0.139. The highest BCUT2D eigenvalue weighted by Crippen LogP contribution is 2.39. The lowest BCUT2D eigenvalue weighted by molar-refractivity contribution is 0.0128. The summed E-state index contributed by atoms with van der Waals surface area (Å²) in [5, 5.41) is 9.39. The van der Waals surface area contributed by atoms with Crippen LogP contribution in [0.2, 0.25) is 0 Å². The Morgan fingerprint density at radius 2 is 1.87 bits per heavy atom. The first kappa shape index (κ1) is 23.8. The Bertz CT molecular complexity index is 1680. The fourth-order valence-corrected chi connectivity index (χ4v) is 6.15. The zero-order valence-electron chi connectivity index (χ0n) is 21.0. The third-order valence-electron chi connectivity index (χ3n) is 7.90. The van der Waals surface area contributed by atoms with Gasteiger partial charge < -0.3 is 19.0 Å². The van der Waals surface area contributed by atoms with Gasteiger partial charge >= 0.3 is 0 Å². The van der Waals surface area contributed by atoms with Crippen LogP contribution in [-0.2, 0) is 11.3 Å². The molecule has 0 saturated carbocycles. The molecule has 39 heavy (non-hydrogen) atoms. The zero-order valence-corrected chi connectivity index (χ0v) is 21.0. The molecule has 9 heteroatoms. The van der Waals surface area contributed by atoms with Crippen molar-refractivity contribution in [3.8, 4) is 11.9 Å². The molecule has 196 valence electrons. The van der Waals surface area contributed by atoms with Crippen LogP contribution in [0, 0.1) is 23.1 Å². The molecule has 1 aromatic heterocycles. The molecule has 4 aromatic rings. The number of aromatic nitrogens is 2. The summed E-state index contributed by atoms with van der Waals surface area (Å²) >= 11 is 0. The highest BCUT2D eigenvalue weighted by molar-refractivity contribution is 5.95. The average Bonchev–Trinajstić information content (AvgIpc) is 3.47. The molecular weight excluding hydrogens is 500 g/mol. The van der Waals surface area contributed by atoms with Gasteiger partial charge in [-0.25, -0.2) is 8.78 Å². The standard InChI is InChI=1S/C30H25F2N5O2/c31-20-2-4-24-19(11-20)15-39-29-12-21(32)3-5-25(29)26(24)9-18-1-6-28-27(10-18)35-30(34-17-33)37(28)22-13-23-16-38-8-7-36(23)14-22/h1-6,9-12,22-23H,7-8,13-16H2,(H,34,35)/b26-9+/t22-,23+/m0/s1. The number of rotatable bonds is 2. The topological polar surface area (TPSA) is 78.6 Å². The number of hydrogen-bond donors (Lipinski definition) is 1. The Morgan fingerprint density at radius 3 is 2.72 bits per heavy atom. The van der Waals surface area contributed by atoms with Crippen LogP contribution in [-0.4, -0.2) is 46.8 Å². The smallest absolute Gasteiger partial charge is 0.219 e. The summed E-state index contributed by atoms with van der Waals surface area (Å²) in [6.07, 6.45) is 4.87. The van der Waals surface area contributed by atoms with E-state index in [4.69, 9.17) is 9.47 Å². The summed E-state index contributed by atoms with van der Waals surface area (Å²) in [5.41, 5.74) is 6.28. The molecule has 2 fully saturated rings. The predicted octanol–water partition coefficient (Wildman–Crippen LogP) is 4.76. The monoisotopic (exact) mass is 525 g/mol. The second-order valence-electron chi connectivity index (χ2n) is 10.2. The van der Waals surface area contributed by atoms with E-state index in [2.05, 4.69) is 19.4 Å². The fourth-order valence-electron chi connectivity index (χ4n) is 6.15. The van der Waals surface area contributed by atoms with Gasteiger partial charge in [-0.15, -0.1) is 4.99 Å². The Morgan fingerprint density at radius 1 is 1.03 bits per heavy atom. The van der Waals surface area contributed by atoms with Crippen molar-refractivity contribution in [1.82, 2.24) is 14.5 Å². The number of benzene rings is 3. The molecule has 3 aliphatic rings. The van der Waals surface area contributed by atoms with Crippen LogP contribution in [0.4, 0.5) is 8.78 Å². The van der Waals surface area contributed by atoms with E-state index in [1.165, 1.54) is 24.3 Å². The average molecular weight is 526 g/mol. The largest absolute Gasteiger partial charge is 0.488 e. The molecule has 3 aromatic carbocycles. The van der Waals surface area contributed by atoms with Crippen LogP contribution in [0.25, 0.3) is 22.7 Å². The lowest BCUT2D eigenvalue weighted by Gasteiger charge is -2.28. The second-order valence-corrected chi connectivity index (χ2v) is 10.2. The fraction of sp³-hybridized carbons (Fsp3) is 0.267. The van der Waals surface area contributed by atoms with Crippen LogP contribution < -0.4 is 10.4 Å². The molecule has 4 heterocycles. The molecule has 0 aliphatic carbocycles. The van der Waals surface area contributed by atoms with Gasteiger partial charge in [-0.3, -0.25) is 4.90 Å². The van der Waals surface area contributed by atoms with E-state index in [1.54, 1.807) is 12.1 Å². The van der Waals surface area contributed by atoms with Crippen LogP contribution in [0.5, 0.6) is 5.75 Å². The molecule has 0 spiro atoms. The van der Waals surface area contributed by atoms with Crippen molar-refractivity contribution in [2.24, 2.45) is 4.99 Å². The molecule has 7 nitrogen and oxygen atoms in total. The number of halogens is 2. The first-order valence-corrected chi connectivity index (χ1v) is 13.0. The Hall–Kier alpha value is -4.26. The van der Waals surface area contributed by atoms with Crippen molar-refractivity contribution in [1.29, 1.82) is 5.26 Å². The molecule has 2 saturated heterocycles. The normalized spacial score (nSPS) is 22.2. The summed E-state index contributed by atoms with van der Waals surface area (Å²) in [7, 11) is 0. The molecule has 0 amide bonds. The molecule has 0 radical (unpaired) electrons. The summed E-state index contributed by atoms with van der Waals surface area (Å²) in [4.78, 5) is 9.89. The molecule has 2 atom stereocenters. The van der Waals surface area contributed by atoms with Crippen molar-refractivity contribution in [2.45, 2.75) is 25.1 Å². The number of fused-ring (bicyclic) bond motifs is 4. The van der Waals surface area contributed by atoms with E-state index < -0.39 is 5.82 Å². The maximum absolute atomic E-state index is 14.1. The van der Waals surface area contributed by atoms with Crippen LogP contribution in [0.3, 0.4) is 0 Å². The zero-order chi connectivity index (χ0) is 26.5. The van der Waals surface area contributed by atoms with E-state index in [9.17, 15) is 14.0 Å². The third-order valence-corrected chi connectivity index (χ3v) is 7.90. The van der Waals surface area contributed by atoms with Gasteiger partial charge in [0.05, 0.1) is 30.3 Å². The van der Waals surface area contributed by atoms with Crippen molar-refractivity contribution in [2.75, 3.05) is 26.3 Å². The lowest BCUT2D eigenvalue weighted by atomic mass is 9.92. The van der Waals surface area contributed by atoms with E-state index in [0.29, 0.717) is 23.0 Å². The number of H-pyrrole nitrogens is 1. The third kappa shape index (κ3) is 4.22. The predicted molar refractivity (Wildman–Crippen MR) is 141 cm³/mol. The number of hydrogen-bond acceptors (Lipinski definition) is 5. The van der Waals surface area contributed by atoms with Crippen LogP contribution >= 0.6 is 0 Å². The number of nitrogens with one attached hydrogen (secondary N) is 1. The van der Waals surface area contributed by atoms with Crippen LogP contribution in [0.15, 0.2) is 59.6 Å². The molecule has 0 bridgehead atoms. The lowest BCUT2D eigenvalue weighted by Crippen LogP contribution is -2.40. The number of nitrogens with zero attached hydrogens (tertiary/aromatic N) is 4. The number of imidazole rings is 1. The Balaban J connectivity index is 1.35. The number of aromatic amines is 1. The summed E-state index contributed by atoms with van der Waals surface area (Å²) in [6.45, 7) is 3.40. The maximum atomic E-state index is 14.1.